The molecule has 18 heavy (non-hydrogen) atoms. The number of carboxylic acid groups (broad SMARTS) is 1. The Morgan fingerprint density at radius 3 is 3.17 bits per heavy atom. The number of carbonyl (C=O) groups is 1. The van der Waals surface area contributed by atoms with Gasteiger partial charge in [-0.3, -0.25) is 4.79 Å². The third-order valence-electron chi connectivity index (χ3n) is 3.00. The van der Waals surface area contributed by atoms with E-state index in [0.29, 0.717) is 12.5 Å². The fourth-order valence-corrected chi connectivity index (χ4v) is 2.26. The van der Waals surface area contributed by atoms with E-state index in [0.717, 1.165) is 25.2 Å². The first-order chi connectivity index (χ1) is 8.70. The summed E-state index contributed by atoms with van der Waals surface area (Å²) in [4.78, 5) is 21.1. The highest BCUT2D eigenvalue weighted by Crippen LogP contribution is 2.27. The minimum Gasteiger partial charge on any atom is -0.481 e. The predicted octanol–water partition coefficient (Wildman–Crippen LogP) is 1.32. The molecule has 0 aromatic carbocycles. The first-order valence-electron chi connectivity index (χ1n) is 6.14. The molecule has 0 radical (unpaired) electrons. The quantitative estimate of drug-likeness (QED) is 0.850. The predicted molar refractivity (Wildman–Crippen MR) is 65.8 cm³/mol. The van der Waals surface area contributed by atoms with Crippen LogP contribution in [0.25, 0.3) is 0 Å². The number of rotatable bonds is 5. The van der Waals surface area contributed by atoms with Crippen LogP contribution in [-0.2, 0) is 4.79 Å². The van der Waals surface area contributed by atoms with Crippen molar-refractivity contribution in [2.24, 2.45) is 0 Å². The Labute approximate surface area is 106 Å². The molecule has 2 heterocycles. The van der Waals surface area contributed by atoms with Crippen LogP contribution in [0.15, 0.2) is 12.4 Å². The van der Waals surface area contributed by atoms with Gasteiger partial charge in [0.25, 0.3) is 0 Å². The molecule has 0 spiro atoms. The highest BCUT2D eigenvalue weighted by Gasteiger charge is 2.27. The molecule has 1 N–H and O–H groups in total. The zero-order valence-corrected chi connectivity index (χ0v) is 10.4. The van der Waals surface area contributed by atoms with Crippen molar-refractivity contribution in [2.75, 3.05) is 18.1 Å². The van der Waals surface area contributed by atoms with Gasteiger partial charge < -0.3 is 14.7 Å². The van der Waals surface area contributed by atoms with Gasteiger partial charge in [0.15, 0.2) is 0 Å². The molecule has 1 aliphatic heterocycles. The van der Waals surface area contributed by atoms with Crippen molar-refractivity contribution in [2.45, 2.75) is 32.2 Å². The van der Waals surface area contributed by atoms with Crippen molar-refractivity contribution in [3.8, 4) is 5.88 Å². The fourth-order valence-electron chi connectivity index (χ4n) is 2.26. The molecule has 6 nitrogen and oxygen atoms in total. The molecule has 98 valence electrons. The molecule has 1 aromatic heterocycles. The molecule has 1 atom stereocenters. The lowest BCUT2D eigenvalue weighted by molar-refractivity contribution is -0.137. The average Bonchev–Trinajstić information content (AvgIpc) is 2.77. The lowest BCUT2D eigenvalue weighted by Crippen LogP contribution is -2.31. The lowest BCUT2D eigenvalue weighted by atomic mass is 10.1. The molecule has 0 saturated carbocycles. The van der Waals surface area contributed by atoms with Crippen LogP contribution in [0.4, 0.5) is 5.82 Å². The molecule has 0 aliphatic carbocycles. The van der Waals surface area contributed by atoms with Gasteiger partial charge in [0.05, 0.1) is 13.0 Å². The monoisotopic (exact) mass is 251 g/mol. The summed E-state index contributed by atoms with van der Waals surface area (Å²) in [6.07, 6.45) is 3.48. The Bertz CT molecular complexity index is 425. The summed E-state index contributed by atoms with van der Waals surface area (Å²) in [5.41, 5.74) is 0. The molecule has 1 aliphatic rings. The van der Waals surface area contributed by atoms with Crippen molar-refractivity contribution < 1.29 is 14.6 Å². The number of anilines is 1. The Hall–Kier alpha value is -1.85. The van der Waals surface area contributed by atoms with Gasteiger partial charge in [0, 0.05) is 18.7 Å². The largest absolute Gasteiger partial charge is 0.481 e. The smallest absolute Gasteiger partial charge is 0.305 e. The zero-order valence-electron chi connectivity index (χ0n) is 10.4. The third-order valence-corrected chi connectivity index (χ3v) is 3.00. The molecule has 1 saturated heterocycles. The number of hydrogen-bond donors (Lipinski definition) is 1. The summed E-state index contributed by atoms with van der Waals surface area (Å²) in [6, 6.07) is 1.79. The average molecular weight is 251 g/mol. The summed E-state index contributed by atoms with van der Waals surface area (Å²) >= 11 is 0. The van der Waals surface area contributed by atoms with Gasteiger partial charge in [-0.1, -0.05) is 0 Å². The van der Waals surface area contributed by atoms with Gasteiger partial charge in [-0.15, -0.1) is 0 Å². The van der Waals surface area contributed by atoms with Crippen molar-refractivity contribution >= 4 is 11.8 Å². The van der Waals surface area contributed by atoms with Crippen molar-refractivity contribution in [3.63, 3.8) is 0 Å². The molecular weight excluding hydrogens is 234 g/mol. The zero-order chi connectivity index (χ0) is 13.0. The lowest BCUT2D eigenvalue weighted by Gasteiger charge is -2.24. The van der Waals surface area contributed by atoms with E-state index in [4.69, 9.17) is 9.84 Å². The second-order valence-corrected chi connectivity index (χ2v) is 4.23. The summed E-state index contributed by atoms with van der Waals surface area (Å²) in [5.74, 6) is 0.506. The summed E-state index contributed by atoms with van der Waals surface area (Å²) in [7, 11) is 0. The highest BCUT2D eigenvalue weighted by atomic mass is 16.5. The van der Waals surface area contributed by atoms with Crippen LogP contribution in [0.2, 0.25) is 0 Å². The fraction of sp³-hybridized carbons (Fsp3) is 0.583. The topological polar surface area (TPSA) is 75.5 Å². The molecule has 0 amide bonds. The van der Waals surface area contributed by atoms with Crippen LogP contribution < -0.4 is 9.64 Å². The van der Waals surface area contributed by atoms with Gasteiger partial charge >= 0.3 is 5.97 Å². The van der Waals surface area contributed by atoms with Gasteiger partial charge in [-0.2, -0.15) is 0 Å². The summed E-state index contributed by atoms with van der Waals surface area (Å²) < 4.78 is 5.33. The van der Waals surface area contributed by atoms with E-state index >= 15 is 0 Å². The molecule has 1 unspecified atom stereocenters. The highest BCUT2D eigenvalue weighted by molar-refractivity contribution is 5.68. The van der Waals surface area contributed by atoms with Crippen molar-refractivity contribution in [1.29, 1.82) is 0 Å². The SMILES string of the molecule is CCOc1cc(N2CCCC2CC(=O)O)ncn1. The minimum atomic E-state index is -0.772. The maximum absolute atomic E-state index is 10.8. The van der Waals surface area contributed by atoms with Gasteiger partial charge in [0.2, 0.25) is 5.88 Å². The second kappa shape index (κ2) is 5.66. The Balaban J connectivity index is 2.13. The van der Waals surface area contributed by atoms with Crippen LogP contribution in [0.3, 0.4) is 0 Å². The van der Waals surface area contributed by atoms with E-state index < -0.39 is 5.97 Å². The minimum absolute atomic E-state index is 0.0203. The van der Waals surface area contributed by atoms with Crippen LogP contribution in [0.1, 0.15) is 26.2 Å². The third kappa shape index (κ3) is 2.88. The normalized spacial score (nSPS) is 18.9. The van der Waals surface area contributed by atoms with Gasteiger partial charge in [-0.05, 0) is 19.8 Å². The number of aliphatic carboxylic acids is 1. The van der Waals surface area contributed by atoms with Crippen LogP contribution in [-0.4, -0.2) is 40.2 Å². The molecule has 0 bridgehead atoms. The van der Waals surface area contributed by atoms with E-state index in [-0.39, 0.29) is 12.5 Å². The Kier molecular flexibility index (Phi) is 3.96. The van der Waals surface area contributed by atoms with Crippen molar-refractivity contribution in [3.05, 3.63) is 12.4 Å². The van der Waals surface area contributed by atoms with E-state index in [1.807, 2.05) is 11.8 Å². The Morgan fingerprint density at radius 2 is 2.44 bits per heavy atom. The Morgan fingerprint density at radius 1 is 1.61 bits per heavy atom. The van der Waals surface area contributed by atoms with Crippen LogP contribution in [0.5, 0.6) is 5.88 Å². The van der Waals surface area contributed by atoms with E-state index in [1.54, 1.807) is 6.07 Å². The van der Waals surface area contributed by atoms with Crippen molar-refractivity contribution in [1.82, 2.24) is 9.97 Å². The van der Waals surface area contributed by atoms with Crippen LogP contribution >= 0.6 is 0 Å². The number of hydrogen-bond acceptors (Lipinski definition) is 5. The molecular formula is C12H17N3O3. The summed E-state index contributed by atoms with van der Waals surface area (Å²) in [6.45, 7) is 3.28. The maximum Gasteiger partial charge on any atom is 0.305 e. The first-order valence-corrected chi connectivity index (χ1v) is 6.14. The van der Waals surface area contributed by atoms with E-state index in [2.05, 4.69) is 9.97 Å². The molecule has 2 rings (SSSR count). The van der Waals surface area contributed by atoms with E-state index in [1.165, 1.54) is 6.33 Å². The van der Waals surface area contributed by atoms with E-state index in [9.17, 15) is 4.79 Å². The molecule has 1 aromatic rings. The number of ether oxygens (including phenoxy) is 1. The van der Waals surface area contributed by atoms with Gasteiger partial charge in [-0.25, -0.2) is 9.97 Å². The first kappa shape index (κ1) is 12.6. The van der Waals surface area contributed by atoms with Gasteiger partial charge in [0.1, 0.15) is 12.1 Å². The number of carboxylic acids is 1. The molecule has 6 heteroatoms. The number of nitrogens with zero attached hydrogens (tertiary/aromatic N) is 3. The molecule has 1 fully saturated rings. The number of aromatic nitrogens is 2. The maximum atomic E-state index is 10.8. The summed E-state index contributed by atoms with van der Waals surface area (Å²) in [5, 5.41) is 8.89. The standard InChI is InChI=1S/C12H17N3O3/c1-2-18-11-7-10(13-8-14-11)15-5-3-4-9(15)6-12(16)17/h7-9H,2-6H2,1H3,(H,16,17). The van der Waals surface area contributed by atoms with Crippen LogP contribution in [0, 0.1) is 0 Å². The second-order valence-electron chi connectivity index (χ2n) is 4.23.